The highest BCUT2D eigenvalue weighted by molar-refractivity contribution is 5.53. The number of hydrogen-bond donors (Lipinski definition) is 1. The first-order valence-electron chi connectivity index (χ1n) is 5.51. The van der Waals surface area contributed by atoms with Gasteiger partial charge in [0.15, 0.2) is 0 Å². The molecule has 0 radical (unpaired) electrons. The van der Waals surface area contributed by atoms with E-state index in [1.807, 2.05) is 29.0 Å². The summed E-state index contributed by atoms with van der Waals surface area (Å²) >= 11 is 0. The molecule has 16 heavy (non-hydrogen) atoms. The van der Waals surface area contributed by atoms with Gasteiger partial charge in [-0.15, -0.1) is 0 Å². The Labute approximate surface area is 93.6 Å². The van der Waals surface area contributed by atoms with Crippen molar-refractivity contribution in [1.29, 1.82) is 0 Å². The number of aliphatic hydroxyl groups excluding tert-OH is 1. The molecule has 0 unspecified atom stereocenters. The van der Waals surface area contributed by atoms with Crippen LogP contribution in [0.5, 0.6) is 0 Å². The maximum Gasteiger partial charge on any atom is 0.138 e. The first-order chi connectivity index (χ1) is 7.84. The molecule has 0 saturated heterocycles. The molecule has 2 aromatic heterocycles. The van der Waals surface area contributed by atoms with E-state index in [9.17, 15) is 5.11 Å². The van der Waals surface area contributed by atoms with E-state index in [4.69, 9.17) is 0 Å². The van der Waals surface area contributed by atoms with Gasteiger partial charge in [0.1, 0.15) is 17.6 Å². The normalized spacial score (nSPS) is 19.4. The smallest absolute Gasteiger partial charge is 0.138 e. The van der Waals surface area contributed by atoms with Gasteiger partial charge in [-0.1, -0.05) is 6.07 Å². The summed E-state index contributed by atoms with van der Waals surface area (Å²) in [6.07, 6.45) is 5.11. The van der Waals surface area contributed by atoms with Crippen LogP contribution in [-0.4, -0.2) is 19.6 Å². The molecular formula is C12H13N3O. The second-order valence-electron chi connectivity index (χ2n) is 4.05. The zero-order valence-electron chi connectivity index (χ0n) is 8.87. The molecule has 0 amide bonds. The molecule has 1 N–H and O–H groups in total. The molecule has 3 heterocycles. The lowest BCUT2D eigenvalue weighted by Crippen LogP contribution is -2.14. The Morgan fingerprint density at radius 2 is 2.25 bits per heavy atom. The summed E-state index contributed by atoms with van der Waals surface area (Å²) in [6, 6.07) is 5.76. The van der Waals surface area contributed by atoms with E-state index < -0.39 is 6.10 Å². The van der Waals surface area contributed by atoms with Gasteiger partial charge in [0.2, 0.25) is 0 Å². The largest absolute Gasteiger partial charge is 0.385 e. The Hall–Kier alpha value is -1.68. The number of pyridine rings is 1. The average Bonchev–Trinajstić information content (AvgIpc) is 2.76. The average molecular weight is 215 g/mol. The number of imidazole rings is 1. The van der Waals surface area contributed by atoms with Gasteiger partial charge in [-0.2, -0.15) is 0 Å². The first kappa shape index (κ1) is 9.54. The lowest BCUT2D eigenvalue weighted by atomic mass is 10.1. The van der Waals surface area contributed by atoms with Crippen LogP contribution in [0.15, 0.2) is 30.6 Å². The fraction of sp³-hybridized carbons (Fsp3) is 0.333. The fourth-order valence-corrected chi connectivity index (χ4v) is 2.10. The Kier molecular flexibility index (Phi) is 2.22. The summed E-state index contributed by atoms with van der Waals surface area (Å²) in [5.41, 5.74) is 1.70. The highest BCUT2D eigenvalue weighted by atomic mass is 16.3. The third-order valence-electron chi connectivity index (χ3n) is 2.91. The monoisotopic (exact) mass is 215 g/mol. The van der Waals surface area contributed by atoms with Gasteiger partial charge in [0.05, 0.1) is 5.69 Å². The number of rotatable bonds is 1. The SMILES string of the molecule is O[C@H]1CCCn2cc(-c3ccccn3)nc21. The van der Waals surface area contributed by atoms with E-state index in [-0.39, 0.29) is 0 Å². The van der Waals surface area contributed by atoms with Crippen molar-refractivity contribution in [2.24, 2.45) is 0 Å². The summed E-state index contributed by atoms with van der Waals surface area (Å²) in [5.74, 6) is 0.770. The van der Waals surface area contributed by atoms with E-state index in [1.165, 1.54) is 0 Å². The molecule has 0 aromatic carbocycles. The van der Waals surface area contributed by atoms with Crippen LogP contribution < -0.4 is 0 Å². The molecule has 3 rings (SSSR count). The Bertz CT molecular complexity index is 492. The molecule has 4 heteroatoms. The van der Waals surface area contributed by atoms with Crippen LogP contribution in [0.1, 0.15) is 24.8 Å². The summed E-state index contributed by atoms with van der Waals surface area (Å²) < 4.78 is 2.03. The molecule has 0 fully saturated rings. The second-order valence-corrected chi connectivity index (χ2v) is 4.05. The summed E-state index contributed by atoms with van der Waals surface area (Å²) in [5, 5.41) is 9.82. The van der Waals surface area contributed by atoms with E-state index in [0.29, 0.717) is 0 Å². The minimum atomic E-state index is -0.425. The van der Waals surface area contributed by atoms with Gasteiger partial charge in [0.25, 0.3) is 0 Å². The fourth-order valence-electron chi connectivity index (χ4n) is 2.10. The van der Waals surface area contributed by atoms with Crippen LogP contribution in [0, 0.1) is 0 Å². The third-order valence-corrected chi connectivity index (χ3v) is 2.91. The highest BCUT2D eigenvalue weighted by Gasteiger charge is 2.21. The topological polar surface area (TPSA) is 50.9 Å². The van der Waals surface area contributed by atoms with Gasteiger partial charge < -0.3 is 9.67 Å². The summed E-state index contributed by atoms with van der Waals surface area (Å²) in [7, 11) is 0. The Balaban J connectivity index is 2.05. The molecule has 0 spiro atoms. The maximum absolute atomic E-state index is 9.82. The summed E-state index contributed by atoms with van der Waals surface area (Å²) in [4.78, 5) is 8.71. The number of fused-ring (bicyclic) bond motifs is 1. The van der Waals surface area contributed by atoms with E-state index in [2.05, 4.69) is 9.97 Å². The second kappa shape index (κ2) is 3.72. The zero-order valence-corrected chi connectivity index (χ0v) is 8.87. The summed E-state index contributed by atoms with van der Waals surface area (Å²) in [6.45, 7) is 0.937. The van der Waals surface area contributed by atoms with Crippen molar-refractivity contribution in [1.82, 2.24) is 14.5 Å². The molecule has 1 atom stereocenters. The number of aliphatic hydroxyl groups is 1. The minimum absolute atomic E-state index is 0.425. The lowest BCUT2D eigenvalue weighted by Gasteiger charge is -2.18. The van der Waals surface area contributed by atoms with Crippen molar-refractivity contribution < 1.29 is 5.11 Å². The van der Waals surface area contributed by atoms with Crippen molar-refractivity contribution in [2.45, 2.75) is 25.5 Å². The zero-order chi connectivity index (χ0) is 11.0. The number of nitrogens with zero attached hydrogens (tertiary/aromatic N) is 3. The number of aromatic nitrogens is 3. The van der Waals surface area contributed by atoms with Gasteiger partial charge in [-0.3, -0.25) is 4.98 Å². The van der Waals surface area contributed by atoms with Gasteiger partial charge >= 0.3 is 0 Å². The third kappa shape index (κ3) is 1.51. The molecule has 4 nitrogen and oxygen atoms in total. The molecule has 82 valence electrons. The lowest BCUT2D eigenvalue weighted by molar-refractivity contribution is 0.134. The van der Waals surface area contributed by atoms with Crippen LogP contribution in [0.4, 0.5) is 0 Å². The van der Waals surface area contributed by atoms with Crippen LogP contribution in [-0.2, 0) is 6.54 Å². The van der Waals surface area contributed by atoms with Crippen molar-refractivity contribution >= 4 is 0 Å². The van der Waals surface area contributed by atoms with Gasteiger partial charge in [-0.05, 0) is 25.0 Å². The van der Waals surface area contributed by atoms with Crippen molar-refractivity contribution in [3.8, 4) is 11.4 Å². The first-order valence-corrected chi connectivity index (χ1v) is 5.51. The van der Waals surface area contributed by atoms with Crippen LogP contribution in [0.2, 0.25) is 0 Å². The Morgan fingerprint density at radius 1 is 1.31 bits per heavy atom. The van der Waals surface area contributed by atoms with Gasteiger partial charge in [-0.25, -0.2) is 4.98 Å². The molecule has 2 aromatic rings. The standard InChI is InChI=1S/C12H13N3O/c16-11-5-3-7-15-8-10(14-12(11)15)9-4-1-2-6-13-9/h1-2,4,6,8,11,16H,3,5,7H2/t11-/m0/s1. The van der Waals surface area contributed by atoms with Crippen molar-refractivity contribution in [3.05, 3.63) is 36.4 Å². The quantitative estimate of drug-likeness (QED) is 0.788. The predicted octanol–water partition coefficient (Wildman–Crippen LogP) is 1.77. The van der Waals surface area contributed by atoms with Crippen molar-refractivity contribution in [3.63, 3.8) is 0 Å². The molecule has 0 aliphatic carbocycles. The molecule has 0 saturated carbocycles. The highest BCUT2D eigenvalue weighted by Crippen LogP contribution is 2.26. The van der Waals surface area contributed by atoms with E-state index in [1.54, 1.807) is 6.20 Å². The molecule has 1 aliphatic rings. The number of aryl methyl sites for hydroxylation is 1. The Morgan fingerprint density at radius 3 is 3.00 bits per heavy atom. The molecular weight excluding hydrogens is 202 g/mol. The maximum atomic E-state index is 9.82. The molecule has 0 bridgehead atoms. The van der Waals surface area contributed by atoms with Crippen LogP contribution in [0.25, 0.3) is 11.4 Å². The minimum Gasteiger partial charge on any atom is -0.385 e. The van der Waals surface area contributed by atoms with E-state index >= 15 is 0 Å². The number of hydrogen-bond acceptors (Lipinski definition) is 3. The van der Waals surface area contributed by atoms with E-state index in [0.717, 1.165) is 36.6 Å². The van der Waals surface area contributed by atoms with Gasteiger partial charge in [0, 0.05) is 18.9 Å². The van der Waals surface area contributed by atoms with Crippen molar-refractivity contribution in [2.75, 3.05) is 0 Å². The predicted molar refractivity (Wildman–Crippen MR) is 59.7 cm³/mol. The van der Waals surface area contributed by atoms with Crippen LogP contribution in [0.3, 0.4) is 0 Å². The molecule has 1 aliphatic heterocycles. The van der Waals surface area contributed by atoms with Crippen LogP contribution >= 0.6 is 0 Å².